The van der Waals surface area contributed by atoms with E-state index in [4.69, 9.17) is 16.7 Å². The fourth-order valence-corrected chi connectivity index (χ4v) is 3.26. The molecule has 126 valence electrons. The van der Waals surface area contributed by atoms with Crippen molar-refractivity contribution in [2.75, 3.05) is 7.05 Å². The van der Waals surface area contributed by atoms with E-state index in [1.807, 2.05) is 12.1 Å². The van der Waals surface area contributed by atoms with Crippen molar-refractivity contribution in [2.45, 2.75) is 0 Å². The number of hydrogen-bond acceptors (Lipinski definition) is 4. The summed E-state index contributed by atoms with van der Waals surface area (Å²) in [5, 5.41) is 10.1. The van der Waals surface area contributed by atoms with E-state index in [0.717, 1.165) is 5.56 Å². The fourth-order valence-electron chi connectivity index (χ4n) is 2.15. The number of aliphatic imine (C=N–C) groups is 1. The molecule has 1 heterocycles. The number of nitrogens with zero attached hydrogens (tertiary/aromatic N) is 2. The van der Waals surface area contributed by atoms with Crippen molar-refractivity contribution in [1.82, 2.24) is 4.90 Å². The van der Waals surface area contributed by atoms with Crippen molar-refractivity contribution in [3.8, 4) is 0 Å². The zero-order chi connectivity index (χ0) is 18.0. The van der Waals surface area contributed by atoms with Gasteiger partial charge in [-0.1, -0.05) is 23.7 Å². The quantitative estimate of drug-likeness (QED) is 0.817. The Bertz CT molecular complexity index is 890. The Balaban J connectivity index is 1.85. The molecule has 0 unspecified atom stereocenters. The van der Waals surface area contributed by atoms with Gasteiger partial charge in [0.05, 0.1) is 16.2 Å². The van der Waals surface area contributed by atoms with Crippen LogP contribution in [0.15, 0.2) is 58.4 Å². The van der Waals surface area contributed by atoms with Gasteiger partial charge in [0, 0.05) is 12.1 Å². The number of amidine groups is 1. The SMILES string of the molecule is CN1C(=O)C(=Cc2ccc(Cl)cc2)SC1=Nc1ccc(C(=O)O)cc1. The molecule has 0 atom stereocenters. The van der Waals surface area contributed by atoms with E-state index in [0.29, 0.717) is 20.8 Å². The predicted molar refractivity (Wildman–Crippen MR) is 100 cm³/mol. The summed E-state index contributed by atoms with van der Waals surface area (Å²) in [4.78, 5) is 29.7. The van der Waals surface area contributed by atoms with Gasteiger partial charge in [-0.15, -0.1) is 0 Å². The first-order chi connectivity index (χ1) is 11.9. The summed E-state index contributed by atoms with van der Waals surface area (Å²) < 4.78 is 0. The molecule has 0 aliphatic carbocycles. The van der Waals surface area contributed by atoms with E-state index in [2.05, 4.69) is 4.99 Å². The van der Waals surface area contributed by atoms with Gasteiger partial charge in [0.2, 0.25) is 0 Å². The Morgan fingerprint density at radius 1 is 1.16 bits per heavy atom. The van der Waals surface area contributed by atoms with Crippen LogP contribution >= 0.6 is 23.4 Å². The third kappa shape index (κ3) is 3.92. The van der Waals surface area contributed by atoms with Gasteiger partial charge < -0.3 is 5.11 Å². The van der Waals surface area contributed by atoms with Crippen LogP contribution in [0.4, 0.5) is 5.69 Å². The number of halogens is 1. The molecule has 1 amide bonds. The van der Waals surface area contributed by atoms with Crippen molar-refractivity contribution in [3.05, 3.63) is 69.6 Å². The van der Waals surface area contributed by atoms with Crippen LogP contribution < -0.4 is 0 Å². The smallest absolute Gasteiger partial charge is 0.335 e. The lowest BCUT2D eigenvalue weighted by Crippen LogP contribution is -2.23. The van der Waals surface area contributed by atoms with Crippen molar-refractivity contribution in [3.63, 3.8) is 0 Å². The number of hydrogen-bond donors (Lipinski definition) is 1. The van der Waals surface area contributed by atoms with Crippen molar-refractivity contribution in [1.29, 1.82) is 0 Å². The van der Waals surface area contributed by atoms with Crippen molar-refractivity contribution in [2.24, 2.45) is 4.99 Å². The summed E-state index contributed by atoms with van der Waals surface area (Å²) in [6.07, 6.45) is 1.79. The van der Waals surface area contributed by atoms with E-state index >= 15 is 0 Å². The maximum atomic E-state index is 12.4. The third-order valence-electron chi connectivity index (χ3n) is 3.51. The minimum absolute atomic E-state index is 0.138. The van der Waals surface area contributed by atoms with Crippen LogP contribution in [-0.2, 0) is 4.79 Å². The lowest BCUT2D eigenvalue weighted by molar-refractivity contribution is -0.121. The molecule has 1 aliphatic heterocycles. The van der Waals surface area contributed by atoms with Crippen LogP contribution in [0, 0.1) is 0 Å². The van der Waals surface area contributed by atoms with Crippen LogP contribution in [-0.4, -0.2) is 34.1 Å². The average molecular weight is 373 g/mol. The maximum Gasteiger partial charge on any atom is 0.335 e. The first kappa shape index (κ1) is 17.3. The van der Waals surface area contributed by atoms with Crippen LogP contribution in [0.5, 0.6) is 0 Å². The van der Waals surface area contributed by atoms with Gasteiger partial charge in [0.1, 0.15) is 0 Å². The highest BCUT2D eigenvalue weighted by atomic mass is 35.5. The van der Waals surface area contributed by atoms with E-state index in [1.54, 1.807) is 37.4 Å². The minimum Gasteiger partial charge on any atom is -0.478 e. The van der Waals surface area contributed by atoms with Gasteiger partial charge in [0.15, 0.2) is 5.17 Å². The molecule has 7 heteroatoms. The number of amides is 1. The Labute approximate surface area is 153 Å². The molecule has 1 saturated heterocycles. The Morgan fingerprint density at radius 3 is 2.40 bits per heavy atom. The molecule has 0 spiro atoms. The maximum absolute atomic E-state index is 12.4. The summed E-state index contributed by atoms with van der Waals surface area (Å²) in [6, 6.07) is 13.4. The molecule has 0 bridgehead atoms. The first-order valence-corrected chi connectivity index (χ1v) is 8.49. The summed E-state index contributed by atoms with van der Waals surface area (Å²) >= 11 is 7.14. The standard InChI is InChI=1S/C18H13ClN2O3S/c1-21-16(22)15(10-11-2-6-13(19)7-3-11)25-18(21)20-14-8-4-12(5-9-14)17(23)24/h2-10H,1H3,(H,23,24). The number of benzene rings is 2. The molecule has 2 aromatic rings. The number of carboxylic acids is 1. The van der Waals surface area contributed by atoms with Crippen molar-refractivity contribution >= 4 is 52.2 Å². The zero-order valence-corrected chi connectivity index (χ0v) is 14.7. The second kappa shape index (κ2) is 7.13. The largest absolute Gasteiger partial charge is 0.478 e. The summed E-state index contributed by atoms with van der Waals surface area (Å²) in [6.45, 7) is 0. The highest BCUT2D eigenvalue weighted by molar-refractivity contribution is 8.18. The van der Waals surface area contributed by atoms with Gasteiger partial charge in [-0.2, -0.15) is 0 Å². The highest BCUT2D eigenvalue weighted by Gasteiger charge is 2.30. The Hall–Kier alpha value is -2.57. The fraction of sp³-hybridized carbons (Fsp3) is 0.0556. The molecular formula is C18H13ClN2O3S. The Morgan fingerprint density at radius 2 is 1.80 bits per heavy atom. The molecule has 0 aromatic heterocycles. The predicted octanol–water partition coefficient (Wildman–Crippen LogP) is 4.27. The van der Waals surface area contributed by atoms with Crippen molar-refractivity contribution < 1.29 is 14.7 Å². The van der Waals surface area contributed by atoms with E-state index in [-0.39, 0.29) is 11.5 Å². The lowest BCUT2D eigenvalue weighted by atomic mass is 10.2. The molecule has 1 N–H and O–H groups in total. The number of aromatic carboxylic acids is 1. The molecule has 1 aliphatic rings. The topological polar surface area (TPSA) is 70.0 Å². The van der Waals surface area contributed by atoms with Crippen LogP contribution in [0.25, 0.3) is 6.08 Å². The number of rotatable bonds is 3. The van der Waals surface area contributed by atoms with Gasteiger partial charge in [-0.3, -0.25) is 9.69 Å². The zero-order valence-electron chi connectivity index (χ0n) is 13.1. The molecule has 0 saturated carbocycles. The molecule has 25 heavy (non-hydrogen) atoms. The lowest BCUT2D eigenvalue weighted by Gasteiger charge is -2.07. The monoisotopic (exact) mass is 372 g/mol. The Kier molecular flexibility index (Phi) is 4.92. The normalized spacial score (nSPS) is 17.5. The van der Waals surface area contributed by atoms with Crippen LogP contribution in [0.3, 0.4) is 0 Å². The molecule has 5 nitrogen and oxygen atoms in total. The number of carboxylic acid groups (broad SMARTS) is 1. The second-order valence-electron chi connectivity index (χ2n) is 5.27. The average Bonchev–Trinajstić information content (AvgIpc) is 2.85. The highest BCUT2D eigenvalue weighted by Crippen LogP contribution is 2.33. The third-order valence-corrected chi connectivity index (χ3v) is 4.82. The number of carbonyl (C=O) groups excluding carboxylic acids is 1. The second-order valence-corrected chi connectivity index (χ2v) is 6.72. The van der Waals surface area contributed by atoms with Gasteiger partial charge >= 0.3 is 5.97 Å². The number of likely N-dealkylation sites (N-methyl/N-ethyl adjacent to an activating group) is 1. The minimum atomic E-state index is -0.991. The summed E-state index contributed by atoms with van der Waals surface area (Å²) in [5.41, 5.74) is 1.65. The summed E-state index contributed by atoms with van der Waals surface area (Å²) in [5.74, 6) is -1.13. The molecule has 3 rings (SSSR count). The number of carbonyl (C=O) groups is 2. The van der Waals surface area contributed by atoms with Gasteiger partial charge in [0.25, 0.3) is 5.91 Å². The van der Waals surface area contributed by atoms with Crippen LogP contribution in [0.1, 0.15) is 15.9 Å². The molecule has 1 fully saturated rings. The number of thioether (sulfide) groups is 1. The molecular weight excluding hydrogens is 360 g/mol. The summed E-state index contributed by atoms with van der Waals surface area (Å²) in [7, 11) is 1.66. The van der Waals surface area contributed by atoms with E-state index < -0.39 is 5.97 Å². The first-order valence-electron chi connectivity index (χ1n) is 7.29. The molecule has 2 aromatic carbocycles. The van der Waals surface area contributed by atoms with E-state index in [9.17, 15) is 9.59 Å². The molecule has 0 radical (unpaired) electrons. The van der Waals surface area contributed by atoms with Gasteiger partial charge in [-0.05, 0) is 59.8 Å². The van der Waals surface area contributed by atoms with Gasteiger partial charge in [-0.25, -0.2) is 9.79 Å². The van der Waals surface area contributed by atoms with Crippen LogP contribution in [0.2, 0.25) is 5.02 Å². The van der Waals surface area contributed by atoms with E-state index in [1.165, 1.54) is 28.8 Å².